The monoisotopic (exact) mass is 165 g/mol. The molecule has 1 saturated carbocycles. The average molecular weight is 165 g/mol. The minimum Gasteiger partial charge on any atom is -0.308 e. The van der Waals surface area contributed by atoms with Crippen molar-refractivity contribution in [2.45, 2.75) is 57.5 Å². The molecular formula is C11H19N. The first kappa shape index (κ1) is 9.61. The van der Waals surface area contributed by atoms with Gasteiger partial charge in [0, 0.05) is 18.0 Å². The molecule has 12 heavy (non-hydrogen) atoms. The van der Waals surface area contributed by atoms with E-state index < -0.39 is 0 Å². The molecule has 0 saturated heterocycles. The number of hydrogen-bond acceptors (Lipinski definition) is 1. The van der Waals surface area contributed by atoms with Crippen molar-refractivity contribution in [3.63, 3.8) is 0 Å². The third kappa shape index (κ3) is 2.25. The predicted octanol–water partition coefficient (Wildman–Crippen LogP) is 2.32. The van der Waals surface area contributed by atoms with Crippen LogP contribution in [0.4, 0.5) is 0 Å². The van der Waals surface area contributed by atoms with Gasteiger partial charge in [-0.25, -0.2) is 0 Å². The minimum atomic E-state index is 0.281. The van der Waals surface area contributed by atoms with Crippen LogP contribution in [0.1, 0.15) is 46.0 Å². The van der Waals surface area contributed by atoms with Crippen LogP contribution in [0.3, 0.4) is 0 Å². The second-order valence-electron chi connectivity index (χ2n) is 4.17. The summed E-state index contributed by atoms with van der Waals surface area (Å²) in [6, 6.07) is 0.552. The Morgan fingerprint density at radius 1 is 1.42 bits per heavy atom. The fraction of sp³-hybridized carbons (Fsp3) is 0.818. The van der Waals surface area contributed by atoms with Gasteiger partial charge in [-0.15, -0.1) is 12.3 Å². The van der Waals surface area contributed by atoms with Crippen LogP contribution in [0.2, 0.25) is 0 Å². The van der Waals surface area contributed by atoms with Crippen LogP contribution >= 0.6 is 0 Å². The molecule has 0 heterocycles. The summed E-state index contributed by atoms with van der Waals surface area (Å²) in [7, 11) is 0. The fourth-order valence-electron chi connectivity index (χ4n) is 2.23. The highest BCUT2D eigenvalue weighted by Gasteiger charge is 2.32. The fourth-order valence-corrected chi connectivity index (χ4v) is 2.23. The third-order valence-electron chi connectivity index (χ3n) is 2.60. The molecule has 0 bridgehead atoms. The lowest BCUT2D eigenvalue weighted by Gasteiger charge is -2.30. The molecule has 0 aromatic heterocycles. The molecule has 1 N–H and O–H groups in total. The standard InChI is InChI=1S/C11H19N/c1-4-7-11(12-10(2)3)8-5-6-9-11/h1,10,12H,5-9H2,2-3H3. The highest BCUT2D eigenvalue weighted by atomic mass is 15.0. The molecule has 1 aliphatic carbocycles. The topological polar surface area (TPSA) is 12.0 Å². The lowest BCUT2D eigenvalue weighted by atomic mass is 9.93. The van der Waals surface area contributed by atoms with Gasteiger partial charge in [0.25, 0.3) is 0 Å². The van der Waals surface area contributed by atoms with Gasteiger partial charge in [0.05, 0.1) is 0 Å². The van der Waals surface area contributed by atoms with Crippen molar-refractivity contribution in [3.05, 3.63) is 0 Å². The van der Waals surface area contributed by atoms with Crippen molar-refractivity contribution < 1.29 is 0 Å². The first-order valence-electron chi connectivity index (χ1n) is 4.90. The van der Waals surface area contributed by atoms with E-state index >= 15 is 0 Å². The lowest BCUT2D eigenvalue weighted by Crippen LogP contribution is -2.46. The maximum atomic E-state index is 5.38. The molecule has 1 nitrogen and oxygen atoms in total. The molecule has 0 spiro atoms. The largest absolute Gasteiger partial charge is 0.308 e. The molecule has 1 heteroatoms. The molecule has 1 aliphatic rings. The minimum absolute atomic E-state index is 0.281. The van der Waals surface area contributed by atoms with Crippen molar-refractivity contribution in [1.82, 2.24) is 5.32 Å². The Morgan fingerprint density at radius 2 is 2.00 bits per heavy atom. The van der Waals surface area contributed by atoms with Crippen molar-refractivity contribution in [3.8, 4) is 12.3 Å². The van der Waals surface area contributed by atoms with E-state index in [9.17, 15) is 0 Å². The van der Waals surface area contributed by atoms with Gasteiger partial charge in [-0.3, -0.25) is 0 Å². The summed E-state index contributed by atoms with van der Waals surface area (Å²) < 4.78 is 0. The zero-order chi connectivity index (χ0) is 9.03. The van der Waals surface area contributed by atoms with Crippen LogP contribution in [-0.4, -0.2) is 11.6 Å². The molecule has 0 unspecified atom stereocenters. The van der Waals surface area contributed by atoms with Gasteiger partial charge >= 0.3 is 0 Å². The van der Waals surface area contributed by atoms with E-state index in [0.717, 1.165) is 6.42 Å². The SMILES string of the molecule is C#CCC1(NC(C)C)CCCC1. The van der Waals surface area contributed by atoms with Gasteiger partial charge in [-0.1, -0.05) is 26.7 Å². The van der Waals surface area contributed by atoms with Crippen molar-refractivity contribution in [2.75, 3.05) is 0 Å². The molecule has 1 rings (SSSR count). The van der Waals surface area contributed by atoms with Gasteiger partial charge in [-0.2, -0.15) is 0 Å². The Bertz CT molecular complexity index is 170. The zero-order valence-corrected chi connectivity index (χ0v) is 8.19. The highest BCUT2D eigenvalue weighted by Crippen LogP contribution is 2.32. The molecule has 0 radical (unpaired) electrons. The van der Waals surface area contributed by atoms with Gasteiger partial charge in [0.2, 0.25) is 0 Å². The molecule has 68 valence electrons. The Balaban J connectivity index is 2.53. The van der Waals surface area contributed by atoms with Gasteiger partial charge < -0.3 is 5.32 Å². The van der Waals surface area contributed by atoms with Gasteiger partial charge in [-0.05, 0) is 12.8 Å². The smallest absolute Gasteiger partial charge is 0.0292 e. The van der Waals surface area contributed by atoms with E-state index in [4.69, 9.17) is 6.42 Å². The molecule has 0 aliphatic heterocycles. The maximum Gasteiger partial charge on any atom is 0.0292 e. The highest BCUT2D eigenvalue weighted by molar-refractivity contribution is 5.03. The quantitative estimate of drug-likeness (QED) is 0.633. The first-order valence-corrected chi connectivity index (χ1v) is 4.90. The summed E-state index contributed by atoms with van der Waals surface area (Å²) in [4.78, 5) is 0. The average Bonchev–Trinajstić information content (AvgIpc) is 2.36. The molecule has 0 aromatic rings. The van der Waals surface area contributed by atoms with E-state index in [0.29, 0.717) is 6.04 Å². The zero-order valence-electron chi connectivity index (χ0n) is 8.19. The Morgan fingerprint density at radius 3 is 2.42 bits per heavy atom. The van der Waals surface area contributed by atoms with Crippen LogP contribution in [0.5, 0.6) is 0 Å². The van der Waals surface area contributed by atoms with Crippen LogP contribution in [0.25, 0.3) is 0 Å². The Labute approximate surface area is 75.9 Å². The number of terminal acetylenes is 1. The molecule has 1 fully saturated rings. The van der Waals surface area contributed by atoms with Crippen LogP contribution in [0, 0.1) is 12.3 Å². The second kappa shape index (κ2) is 3.96. The summed E-state index contributed by atoms with van der Waals surface area (Å²) in [6.07, 6.45) is 11.5. The van der Waals surface area contributed by atoms with Crippen molar-refractivity contribution in [2.24, 2.45) is 0 Å². The molecule has 0 amide bonds. The van der Waals surface area contributed by atoms with Crippen LogP contribution in [-0.2, 0) is 0 Å². The Hall–Kier alpha value is -0.480. The maximum absolute atomic E-state index is 5.38. The third-order valence-corrected chi connectivity index (χ3v) is 2.60. The van der Waals surface area contributed by atoms with Gasteiger partial charge in [0.1, 0.15) is 0 Å². The van der Waals surface area contributed by atoms with E-state index in [-0.39, 0.29) is 5.54 Å². The summed E-state index contributed by atoms with van der Waals surface area (Å²) >= 11 is 0. The van der Waals surface area contributed by atoms with Crippen molar-refractivity contribution >= 4 is 0 Å². The summed E-state index contributed by atoms with van der Waals surface area (Å²) in [5, 5.41) is 3.61. The molecule has 0 atom stereocenters. The normalized spacial score (nSPS) is 21.2. The number of nitrogens with one attached hydrogen (secondary N) is 1. The van der Waals surface area contributed by atoms with E-state index in [1.165, 1.54) is 25.7 Å². The van der Waals surface area contributed by atoms with Crippen LogP contribution < -0.4 is 5.32 Å². The number of rotatable bonds is 3. The van der Waals surface area contributed by atoms with E-state index in [1.807, 2.05) is 0 Å². The van der Waals surface area contributed by atoms with Crippen molar-refractivity contribution in [1.29, 1.82) is 0 Å². The van der Waals surface area contributed by atoms with E-state index in [2.05, 4.69) is 25.1 Å². The molecular weight excluding hydrogens is 146 g/mol. The number of hydrogen-bond donors (Lipinski definition) is 1. The van der Waals surface area contributed by atoms with Gasteiger partial charge in [0.15, 0.2) is 0 Å². The lowest BCUT2D eigenvalue weighted by molar-refractivity contribution is 0.311. The summed E-state index contributed by atoms with van der Waals surface area (Å²) in [6.45, 7) is 4.38. The predicted molar refractivity (Wildman–Crippen MR) is 52.9 cm³/mol. The Kier molecular flexibility index (Phi) is 3.17. The second-order valence-corrected chi connectivity index (χ2v) is 4.17. The first-order chi connectivity index (χ1) is 5.68. The summed E-state index contributed by atoms with van der Waals surface area (Å²) in [5.74, 6) is 2.79. The summed E-state index contributed by atoms with van der Waals surface area (Å²) in [5.41, 5.74) is 0.281. The molecule has 0 aromatic carbocycles. The van der Waals surface area contributed by atoms with E-state index in [1.54, 1.807) is 0 Å². The van der Waals surface area contributed by atoms with Crippen LogP contribution in [0.15, 0.2) is 0 Å².